The van der Waals surface area contributed by atoms with Gasteiger partial charge in [-0.1, -0.05) is 11.6 Å². The van der Waals surface area contributed by atoms with Gasteiger partial charge in [-0.15, -0.1) is 0 Å². The lowest BCUT2D eigenvalue weighted by Gasteiger charge is -2.10. The summed E-state index contributed by atoms with van der Waals surface area (Å²) in [4.78, 5) is 14.4. The summed E-state index contributed by atoms with van der Waals surface area (Å²) >= 11 is 7.13. The predicted molar refractivity (Wildman–Crippen MR) is 78.6 cm³/mol. The number of rotatable bonds is 2. The second-order valence-corrected chi connectivity index (χ2v) is 5.42. The molecule has 0 aliphatic rings. The average molecular weight is 429 g/mol. The number of aromatic nitrogens is 1. The van der Waals surface area contributed by atoms with Gasteiger partial charge in [-0.25, -0.2) is 22.9 Å². The van der Waals surface area contributed by atoms with Crippen LogP contribution in [-0.4, -0.2) is 16.1 Å². The van der Waals surface area contributed by atoms with E-state index in [1.165, 1.54) is 6.07 Å². The van der Waals surface area contributed by atoms with Crippen molar-refractivity contribution in [2.45, 2.75) is 0 Å². The van der Waals surface area contributed by atoms with E-state index in [0.717, 1.165) is 6.07 Å². The fraction of sp³-hybridized carbons (Fsp3) is 0. The Labute approximate surface area is 134 Å². The zero-order chi connectivity index (χ0) is 15.9. The summed E-state index contributed by atoms with van der Waals surface area (Å²) in [6, 6.07) is 2.27. The number of nitrogens with two attached hydrogens (primary N) is 1. The van der Waals surface area contributed by atoms with E-state index >= 15 is 0 Å². The largest absolute Gasteiger partial charge is 0.476 e. The number of nitrogen functional groups attached to an aromatic ring is 1. The van der Waals surface area contributed by atoms with Crippen molar-refractivity contribution in [1.29, 1.82) is 0 Å². The van der Waals surface area contributed by atoms with E-state index in [4.69, 9.17) is 22.4 Å². The number of carbonyl (C=O) groups is 1. The van der Waals surface area contributed by atoms with Gasteiger partial charge in [-0.3, -0.25) is 0 Å². The highest BCUT2D eigenvalue weighted by molar-refractivity contribution is 14.1. The second kappa shape index (κ2) is 5.68. The van der Waals surface area contributed by atoms with Crippen LogP contribution in [0.2, 0.25) is 5.02 Å². The fourth-order valence-corrected chi connectivity index (χ4v) is 2.21. The van der Waals surface area contributed by atoms with Gasteiger partial charge in [0.2, 0.25) is 0 Å². The number of nitrogens with zero attached hydrogens (tertiary/aromatic N) is 1. The Morgan fingerprint density at radius 3 is 2.43 bits per heavy atom. The molecule has 1 aromatic heterocycles. The van der Waals surface area contributed by atoms with E-state index in [0.29, 0.717) is 0 Å². The van der Waals surface area contributed by atoms with Crippen LogP contribution in [0.3, 0.4) is 0 Å². The summed E-state index contributed by atoms with van der Waals surface area (Å²) in [5.41, 5.74) is 2.64. The molecule has 2 rings (SSSR count). The van der Waals surface area contributed by atoms with Crippen molar-refractivity contribution < 1.29 is 23.1 Å². The summed E-state index contributed by atoms with van der Waals surface area (Å²) in [7, 11) is 0. The lowest BCUT2D eigenvalue weighted by Crippen LogP contribution is -2.09. The lowest BCUT2D eigenvalue weighted by molar-refractivity contribution is 0.0691. The molecule has 110 valence electrons. The topological polar surface area (TPSA) is 76.2 Å². The summed E-state index contributed by atoms with van der Waals surface area (Å²) in [5, 5.41) is 8.32. The SMILES string of the molecule is Nc1c(F)c(-c2ccc(I)c(F)c2F)nc(C(=O)O)c1Cl. The maximum atomic E-state index is 14.0. The molecule has 3 N–H and O–H groups in total. The highest BCUT2D eigenvalue weighted by atomic mass is 127. The Morgan fingerprint density at radius 2 is 1.86 bits per heavy atom. The first-order valence-electron chi connectivity index (χ1n) is 5.27. The molecule has 9 heteroatoms. The quantitative estimate of drug-likeness (QED) is 0.565. The smallest absolute Gasteiger partial charge is 0.356 e. The Bertz CT molecular complexity index is 771. The predicted octanol–water partition coefficient (Wildman–Crippen LogP) is 3.70. The molecule has 21 heavy (non-hydrogen) atoms. The van der Waals surface area contributed by atoms with E-state index in [1.54, 1.807) is 22.6 Å². The van der Waals surface area contributed by atoms with E-state index < -0.39 is 51.1 Å². The molecule has 0 amide bonds. The van der Waals surface area contributed by atoms with Crippen LogP contribution >= 0.6 is 34.2 Å². The zero-order valence-corrected chi connectivity index (χ0v) is 12.8. The molecule has 0 spiro atoms. The Balaban J connectivity index is 2.82. The van der Waals surface area contributed by atoms with Gasteiger partial charge >= 0.3 is 5.97 Å². The van der Waals surface area contributed by atoms with Crippen LogP contribution in [0.4, 0.5) is 18.9 Å². The Kier molecular flexibility index (Phi) is 4.28. The molecule has 1 heterocycles. The van der Waals surface area contributed by atoms with Gasteiger partial charge in [0.1, 0.15) is 5.69 Å². The van der Waals surface area contributed by atoms with Crippen LogP contribution in [0.15, 0.2) is 12.1 Å². The number of hydrogen-bond donors (Lipinski definition) is 2. The van der Waals surface area contributed by atoms with Crippen molar-refractivity contribution in [3.05, 3.63) is 43.9 Å². The van der Waals surface area contributed by atoms with Gasteiger partial charge in [-0.2, -0.15) is 0 Å². The molecule has 0 saturated carbocycles. The molecule has 2 aromatic rings. The number of hydrogen-bond acceptors (Lipinski definition) is 3. The molecular weight excluding hydrogens is 423 g/mol. The van der Waals surface area contributed by atoms with E-state index in [2.05, 4.69) is 4.98 Å². The second-order valence-electron chi connectivity index (χ2n) is 3.88. The van der Waals surface area contributed by atoms with Crippen LogP contribution < -0.4 is 5.73 Å². The normalized spacial score (nSPS) is 10.7. The molecular formula is C12H5ClF3IN2O2. The average Bonchev–Trinajstić information content (AvgIpc) is 2.43. The van der Waals surface area contributed by atoms with Gasteiger partial charge in [0.05, 0.1) is 14.3 Å². The minimum absolute atomic E-state index is 0.0188. The van der Waals surface area contributed by atoms with Crippen molar-refractivity contribution in [1.82, 2.24) is 4.98 Å². The van der Waals surface area contributed by atoms with E-state index in [-0.39, 0.29) is 3.57 Å². The standard InChI is InChI=1S/C12H5ClF3IN2O2/c13-5-9(18)8(16)10(19-11(5)12(20)21)3-1-2-4(17)7(15)6(3)14/h1-2H,(H2,18,19)(H,20,21). The van der Waals surface area contributed by atoms with Crippen molar-refractivity contribution in [2.75, 3.05) is 5.73 Å². The first kappa shape index (κ1) is 15.8. The molecule has 0 bridgehead atoms. The number of benzene rings is 1. The lowest BCUT2D eigenvalue weighted by atomic mass is 10.1. The number of carboxylic acid groups (broad SMARTS) is 1. The number of anilines is 1. The molecule has 0 fully saturated rings. The molecule has 0 unspecified atom stereocenters. The van der Waals surface area contributed by atoms with Crippen LogP contribution in [0.1, 0.15) is 10.5 Å². The Morgan fingerprint density at radius 1 is 1.24 bits per heavy atom. The maximum absolute atomic E-state index is 14.0. The minimum atomic E-state index is -1.57. The molecule has 0 saturated heterocycles. The Hall–Kier alpha value is -1.55. The molecule has 0 aliphatic heterocycles. The minimum Gasteiger partial charge on any atom is -0.476 e. The third-order valence-corrected chi connectivity index (χ3v) is 3.82. The number of halogens is 5. The third-order valence-electron chi connectivity index (χ3n) is 2.61. The van der Waals surface area contributed by atoms with Gasteiger partial charge < -0.3 is 10.8 Å². The first-order valence-corrected chi connectivity index (χ1v) is 6.73. The summed E-state index contributed by atoms with van der Waals surface area (Å²) < 4.78 is 41.5. The monoisotopic (exact) mass is 428 g/mol. The van der Waals surface area contributed by atoms with Crippen LogP contribution in [0.25, 0.3) is 11.3 Å². The first-order chi connectivity index (χ1) is 9.75. The van der Waals surface area contributed by atoms with Crippen LogP contribution in [-0.2, 0) is 0 Å². The van der Waals surface area contributed by atoms with Crippen molar-refractivity contribution >= 4 is 45.8 Å². The molecule has 0 aliphatic carbocycles. The van der Waals surface area contributed by atoms with Gasteiger partial charge in [0.25, 0.3) is 0 Å². The summed E-state index contributed by atoms with van der Waals surface area (Å²) in [5.74, 6) is -5.34. The zero-order valence-electron chi connectivity index (χ0n) is 9.92. The van der Waals surface area contributed by atoms with E-state index in [1.807, 2.05) is 0 Å². The van der Waals surface area contributed by atoms with Gasteiger partial charge in [-0.05, 0) is 34.7 Å². The highest BCUT2D eigenvalue weighted by Gasteiger charge is 2.24. The fourth-order valence-electron chi connectivity index (χ4n) is 1.59. The van der Waals surface area contributed by atoms with E-state index in [9.17, 15) is 18.0 Å². The third kappa shape index (κ3) is 2.64. The van der Waals surface area contributed by atoms with Crippen molar-refractivity contribution in [2.24, 2.45) is 0 Å². The molecule has 1 aromatic carbocycles. The summed E-state index contributed by atoms with van der Waals surface area (Å²) in [6.45, 7) is 0. The van der Waals surface area contributed by atoms with Crippen LogP contribution in [0, 0.1) is 21.0 Å². The summed E-state index contributed by atoms with van der Waals surface area (Å²) in [6.07, 6.45) is 0. The van der Waals surface area contributed by atoms with Gasteiger partial charge in [0, 0.05) is 5.56 Å². The van der Waals surface area contributed by atoms with Crippen molar-refractivity contribution in [3.8, 4) is 11.3 Å². The molecule has 4 nitrogen and oxygen atoms in total. The maximum Gasteiger partial charge on any atom is 0.356 e. The highest BCUT2D eigenvalue weighted by Crippen LogP contribution is 2.34. The van der Waals surface area contributed by atoms with Gasteiger partial charge in [0.15, 0.2) is 23.1 Å². The number of pyridine rings is 1. The number of carboxylic acids is 1. The van der Waals surface area contributed by atoms with Crippen molar-refractivity contribution in [3.63, 3.8) is 0 Å². The van der Waals surface area contributed by atoms with Crippen LogP contribution in [0.5, 0.6) is 0 Å². The molecule has 0 atom stereocenters. The number of aromatic carboxylic acids is 1. The molecule has 0 radical (unpaired) electrons.